The minimum Gasteiger partial charge on any atom is -0.381 e. The van der Waals surface area contributed by atoms with Gasteiger partial charge in [0, 0.05) is 38.2 Å². The number of hydrogen-bond acceptors (Lipinski definition) is 3. The molecule has 3 saturated heterocycles. The molecule has 1 N–H and O–H groups in total. The molecule has 23 heavy (non-hydrogen) atoms. The van der Waals surface area contributed by atoms with Gasteiger partial charge in [0.1, 0.15) is 0 Å². The van der Waals surface area contributed by atoms with Crippen LogP contribution in [0.4, 0.5) is 0 Å². The van der Waals surface area contributed by atoms with Crippen molar-refractivity contribution < 1.29 is 4.74 Å². The van der Waals surface area contributed by atoms with Gasteiger partial charge in [-0.05, 0) is 62.9 Å². The van der Waals surface area contributed by atoms with E-state index in [1.54, 1.807) is 0 Å². The fraction of sp³-hybridized carbons (Fsp3) is 0.944. The molecule has 3 fully saturated rings. The Morgan fingerprint density at radius 2 is 2.13 bits per heavy atom. The number of nitrogens with zero attached hydrogens (tertiary/aromatic N) is 2. The number of nitrogens with one attached hydrogen (secondary N) is 1. The van der Waals surface area contributed by atoms with E-state index in [1.165, 1.54) is 50.0 Å². The van der Waals surface area contributed by atoms with Crippen LogP contribution in [-0.2, 0) is 4.74 Å². The van der Waals surface area contributed by atoms with Crippen LogP contribution in [0.3, 0.4) is 0 Å². The molecule has 0 aromatic heterocycles. The molecule has 0 saturated carbocycles. The summed E-state index contributed by atoms with van der Waals surface area (Å²) in [6.07, 6.45) is 7.82. The average molecular weight is 340 g/mol. The van der Waals surface area contributed by atoms with E-state index < -0.39 is 0 Å². The van der Waals surface area contributed by atoms with Crippen LogP contribution in [0.5, 0.6) is 0 Å². The molecule has 1 atom stereocenters. The lowest BCUT2D eigenvalue weighted by atomic mass is 9.76. The van der Waals surface area contributed by atoms with Crippen LogP contribution in [0.25, 0.3) is 0 Å². The summed E-state index contributed by atoms with van der Waals surface area (Å²) in [6.45, 7) is 8.31. The summed E-state index contributed by atoms with van der Waals surface area (Å²) in [5.74, 6) is 4.58. The van der Waals surface area contributed by atoms with Crippen molar-refractivity contribution in [2.75, 3.05) is 50.9 Å². The van der Waals surface area contributed by atoms with Gasteiger partial charge in [-0.2, -0.15) is 11.8 Å². The van der Waals surface area contributed by atoms with Crippen molar-refractivity contribution in [3.8, 4) is 0 Å². The minimum atomic E-state index is 0.383. The molecular weight excluding hydrogens is 306 g/mol. The molecule has 3 rings (SSSR count). The second kappa shape index (κ2) is 8.61. The van der Waals surface area contributed by atoms with Gasteiger partial charge < -0.3 is 15.0 Å². The van der Waals surface area contributed by atoms with Gasteiger partial charge in [0.15, 0.2) is 5.96 Å². The number of ether oxygens (including phenoxy) is 1. The van der Waals surface area contributed by atoms with Gasteiger partial charge in [0.2, 0.25) is 0 Å². The quantitative estimate of drug-likeness (QED) is 0.633. The lowest BCUT2D eigenvalue weighted by molar-refractivity contribution is -0.0370. The Bertz CT molecular complexity index is 384. The molecule has 0 radical (unpaired) electrons. The molecule has 0 aliphatic carbocycles. The maximum absolute atomic E-state index is 5.82. The summed E-state index contributed by atoms with van der Waals surface area (Å²) in [5, 5.41) is 3.54. The topological polar surface area (TPSA) is 36.9 Å². The van der Waals surface area contributed by atoms with E-state index in [2.05, 4.69) is 28.9 Å². The molecular formula is C18H33N3OS. The molecule has 0 amide bonds. The summed E-state index contributed by atoms with van der Waals surface area (Å²) < 4.78 is 5.82. The van der Waals surface area contributed by atoms with Gasteiger partial charge in [-0.25, -0.2) is 0 Å². The molecule has 3 aliphatic rings. The summed E-state index contributed by atoms with van der Waals surface area (Å²) in [5.41, 5.74) is 0.383. The Kier molecular flexibility index (Phi) is 6.52. The van der Waals surface area contributed by atoms with Crippen molar-refractivity contribution in [2.24, 2.45) is 16.3 Å². The Hall–Kier alpha value is -0.420. The number of guanidine groups is 1. The average Bonchev–Trinajstić information content (AvgIpc) is 2.60. The smallest absolute Gasteiger partial charge is 0.193 e. The van der Waals surface area contributed by atoms with E-state index in [-0.39, 0.29) is 0 Å². The number of aliphatic imine (C=N–C) groups is 1. The summed E-state index contributed by atoms with van der Waals surface area (Å²) in [7, 11) is 0. The lowest BCUT2D eigenvalue weighted by Crippen LogP contribution is -2.53. The van der Waals surface area contributed by atoms with E-state index >= 15 is 0 Å². The first-order chi connectivity index (χ1) is 11.3. The SMILES string of the molecule is CCNC(=NCC1CCSCC1)N1CCCC2(CCCOC2)C1. The molecule has 1 unspecified atom stereocenters. The van der Waals surface area contributed by atoms with Crippen LogP contribution in [-0.4, -0.2) is 61.8 Å². The highest BCUT2D eigenvalue weighted by Gasteiger charge is 2.38. The van der Waals surface area contributed by atoms with Gasteiger partial charge in [0.05, 0.1) is 6.61 Å². The van der Waals surface area contributed by atoms with Crippen molar-refractivity contribution in [1.29, 1.82) is 0 Å². The van der Waals surface area contributed by atoms with Gasteiger partial charge in [-0.15, -0.1) is 0 Å². The zero-order chi connectivity index (χ0) is 16.0. The standard InChI is InChI=1S/C18H33N3OS/c1-2-19-17(20-13-16-5-11-23-12-6-16)21-9-3-7-18(14-21)8-4-10-22-15-18/h16H,2-15H2,1H3,(H,19,20). The van der Waals surface area contributed by atoms with Crippen LogP contribution in [0.1, 0.15) is 45.4 Å². The Morgan fingerprint density at radius 3 is 2.87 bits per heavy atom. The normalized spacial score (nSPS) is 30.7. The van der Waals surface area contributed by atoms with Crippen LogP contribution in [0, 0.1) is 11.3 Å². The number of rotatable bonds is 3. The third-order valence-electron chi connectivity index (χ3n) is 5.54. The first-order valence-corrected chi connectivity index (χ1v) is 10.7. The van der Waals surface area contributed by atoms with E-state index in [0.717, 1.165) is 51.3 Å². The highest BCUT2D eigenvalue weighted by atomic mass is 32.2. The third-order valence-corrected chi connectivity index (χ3v) is 6.59. The minimum absolute atomic E-state index is 0.383. The summed E-state index contributed by atoms with van der Waals surface area (Å²) >= 11 is 2.10. The van der Waals surface area contributed by atoms with E-state index in [1.807, 2.05) is 0 Å². The van der Waals surface area contributed by atoms with Crippen molar-refractivity contribution in [2.45, 2.75) is 45.4 Å². The van der Waals surface area contributed by atoms with E-state index in [4.69, 9.17) is 9.73 Å². The number of piperidine rings is 1. The van der Waals surface area contributed by atoms with Gasteiger partial charge >= 0.3 is 0 Å². The monoisotopic (exact) mass is 339 g/mol. The van der Waals surface area contributed by atoms with E-state index in [0.29, 0.717) is 5.41 Å². The van der Waals surface area contributed by atoms with Crippen molar-refractivity contribution in [1.82, 2.24) is 10.2 Å². The highest BCUT2D eigenvalue weighted by molar-refractivity contribution is 7.99. The van der Waals surface area contributed by atoms with Gasteiger partial charge in [0.25, 0.3) is 0 Å². The van der Waals surface area contributed by atoms with Crippen LogP contribution < -0.4 is 5.32 Å². The number of likely N-dealkylation sites (tertiary alicyclic amines) is 1. The maximum Gasteiger partial charge on any atom is 0.193 e. The Labute approximate surface area is 145 Å². The second-order valence-electron chi connectivity index (χ2n) is 7.43. The zero-order valence-electron chi connectivity index (χ0n) is 14.7. The fourth-order valence-corrected chi connectivity index (χ4v) is 5.40. The molecule has 132 valence electrons. The fourth-order valence-electron chi connectivity index (χ4n) is 4.19. The molecule has 0 aromatic rings. The summed E-state index contributed by atoms with van der Waals surface area (Å²) in [6, 6.07) is 0. The van der Waals surface area contributed by atoms with Crippen LogP contribution >= 0.6 is 11.8 Å². The Morgan fingerprint density at radius 1 is 1.30 bits per heavy atom. The van der Waals surface area contributed by atoms with Crippen LogP contribution in [0.2, 0.25) is 0 Å². The van der Waals surface area contributed by atoms with Crippen LogP contribution in [0.15, 0.2) is 4.99 Å². The molecule has 3 heterocycles. The lowest BCUT2D eigenvalue weighted by Gasteiger charge is -2.45. The van der Waals surface area contributed by atoms with Gasteiger partial charge in [-0.3, -0.25) is 4.99 Å². The van der Waals surface area contributed by atoms with Crippen molar-refractivity contribution in [3.63, 3.8) is 0 Å². The molecule has 1 spiro atoms. The summed E-state index contributed by atoms with van der Waals surface area (Å²) in [4.78, 5) is 7.53. The van der Waals surface area contributed by atoms with Crippen molar-refractivity contribution in [3.05, 3.63) is 0 Å². The predicted octanol–water partition coefficient (Wildman–Crippen LogP) is 2.99. The molecule has 0 aromatic carbocycles. The van der Waals surface area contributed by atoms with E-state index in [9.17, 15) is 0 Å². The molecule has 5 heteroatoms. The largest absolute Gasteiger partial charge is 0.381 e. The first kappa shape index (κ1) is 17.4. The first-order valence-electron chi connectivity index (χ1n) is 9.50. The zero-order valence-corrected chi connectivity index (χ0v) is 15.5. The third kappa shape index (κ3) is 4.79. The second-order valence-corrected chi connectivity index (χ2v) is 8.66. The number of thioether (sulfide) groups is 1. The predicted molar refractivity (Wildman–Crippen MR) is 99.3 cm³/mol. The molecule has 3 aliphatic heterocycles. The van der Waals surface area contributed by atoms with Crippen molar-refractivity contribution >= 4 is 17.7 Å². The highest BCUT2D eigenvalue weighted by Crippen LogP contribution is 2.37. The number of hydrogen-bond donors (Lipinski definition) is 1. The van der Waals surface area contributed by atoms with Gasteiger partial charge in [-0.1, -0.05) is 0 Å². The molecule has 0 bridgehead atoms. The Balaban J connectivity index is 1.61. The molecule has 4 nitrogen and oxygen atoms in total. The maximum atomic E-state index is 5.82.